The molecule has 0 aromatic heterocycles. The van der Waals surface area contributed by atoms with E-state index in [0.717, 1.165) is 38.9 Å². The predicted octanol–water partition coefficient (Wildman–Crippen LogP) is 7.18. The molecule has 0 spiro atoms. The summed E-state index contributed by atoms with van der Waals surface area (Å²) in [4.78, 5) is 0. The standard InChI is InChI=1S/C33H28O4/c1-21-20-26(32(22-2-11-27(34)12-3-22)23-4-13-28(35)14-5-23)10-19-31(21)33(24-6-15-29(36)16-7-24)25-8-17-30(37)18-9-25/h2-20,32-37H,1H3. The van der Waals surface area contributed by atoms with Gasteiger partial charge < -0.3 is 20.4 Å². The minimum Gasteiger partial charge on any atom is -0.508 e. The van der Waals surface area contributed by atoms with E-state index < -0.39 is 0 Å². The highest BCUT2D eigenvalue weighted by molar-refractivity contribution is 5.52. The van der Waals surface area contributed by atoms with Gasteiger partial charge in [-0.15, -0.1) is 0 Å². The Kier molecular flexibility index (Phi) is 6.57. The molecule has 0 aliphatic rings. The Morgan fingerprint density at radius 3 is 1.00 bits per heavy atom. The van der Waals surface area contributed by atoms with Gasteiger partial charge in [0.05, 0.1) is 0 Å². The van der Waals surface area contributed by atoms with Gasteiger partial charge in [0, 0.05) is 11.8 Å². The van der Waals surface area contributed by atoms with Crippen molar-refractivity contribution in [3.63, 3.8) is 0 Å². The Morgan fingerprint density at radius 1 is 0.378 bits per heavy atom. The van der Waals surface area contributed by atoms with Crippen molar-refractivity contribution in [3.8, 4) is 23.0 Å². The van der Waals surface area contributed by atoms with Gasteiger partial charge in [0.2, 0.25) is 0 Å². The van der Waals surface area contributed by atoms with Crippen LogP contribution in [0.4, 0.5) is 0 Å². The van der Waals surface area contributed by atoms with Crippen LogP contribution >= 0.6 is 0 Å². The lowest BCUT2D eigenvalue weighted by Crippen LogP contribution is -2.08. The van der Waals surface area contributed by atoms with E-state index in [1.54, 1.807) is 48.5 Å². The summed E-state index contributed by atoms with van der Waals surface area (Å²) in [6, 6.07) is 35.4. The number of hydrogen-bond donors (Lipinski definition) is 4. The molecule has 0 aliphatic carbocycles. The average molecular weight is 489 g/mol. The number of phenolic OH excluding ortho intramolecular Hbond substituents is 4. The van der Waals surface area contributed by atoms with E-state index in [2.05, 4.69) is 25.1 Å². The highest BCUT2D eigenvalue weighted by atomic mass is 16.3. The minimum atomic E-state index is -0.0882. The van der Waals surface area contributed by atoms with Gasteiger partial charge in [0.1, 0.15) is 23.0 Å². The summed E-state index contributed by atoms with van der Waals surface area (Å²) in [5.41, 5.74) is 7.45. The van der Waals surface area contributed by atoms with Crippen LogP contribution in [0.25, 0.3) is 0 Å². The molecule has 4 nitrogen and oxygen atoms in total. The molecule has 37 heavy (non-hydrogen) atoms. The number of hydrogen-bond acceptors (Lipinski definition) is 4. The summed E-state index contributed by atoms with van der Waals surface area (Å²) >= 11 is 0. The molecule has 0 amide bonds. The summed E-state index contributed by atoms with van der Waals surface area (Å²) in [6.07, 6.45) is 0. The zero-order valence-electron chi connectivity index (χ0n) is 20.4. The lowest BCUT2D eigenvalue weighted by Gasteiger charge is -2.24. The van der Waals surface area contributed by atoms with Gasteiger partial charge in [-0.05, 0) is 94.4 Å². The Hall–Kier alpha value is -4.70. The molecule has 4 N–H and O–H groups in total. The highest BCUT2D eigenvalue weighted by Crippen LogP contribution is 2.39. The van der Waals surface area contributed by atoms with Gasteiger partial charge in [0.15, 0.2) is 0 Å². The molecule has 0 unspecified atom stereocenters. The summed E-state index contributed by atoms with van der Waals surface area (Å²) in [5, 5.41) is 39.4. The molecular weight excluding hydrogens is 460 g/mol. The van der Waals surface area contributed by atoms with Crippen LogP contribution in [0.1, 0.15) is 50.8 Å². The van der Waals surface area contributed by atoms with Crippen molar-refractivity contribution >= 4 is 0 Å². The molecule has 0 radical (unpaired) electrons. The van der Waals surface area contributed by atoms with Crippen LogP contribution in [0, 0.1) is 6.92 Å². The quantitative estimate of drug-likeness (QED) is 0.191. The number of phenols is 4. The molecule has 5 aromatic carbocycles. The number of rotatable bonds is 6. The summed E-state index contributed by atoms with van der Waals surface area (Å²) in [7, 11) is 0. The topological polar surface area (TPSA) is 80.9 Å². The van der Waals surface area contributed by atoms with Gasteiger partial charge in [0.25, 0.3) is 0 Å². The predicted molar refractivity (Wildman–Crippen MR) is 145 cm³/mol. The Labute approximate surface area is 216 Å². The van der Waals surface area contributed by atoms with Crippen LogP contribution < -0.4 is 0 Å². The lowest BCUT2D eigenvalue weighted by atomic mass is 9.79. The Bertz CT molecular complexity index is 1400. The smallest absolute Gasteiger partial charge is 0.115 e. The maximum absolute atomic E-state index is 9.85. The third kappa shape index (κ3) is 5.14. The fraction of sp³-hybridized carbons (Fsp3) is 0.0909. The SMILES string of the molecule is Cc1cc(C(c2ccc(O)cc2)c2ccc(O)cc2)ccc1C(c1ccc(O)cc1)c1ccc(O)cc1. The minimum absolute atomic E-state index is 0.0870. The zero-order valence-corrected chi connectivity index (χ0v) is 20.4. The van der Waals surface area contributed by atoms with Crippen molar-refractivity contribution in [1.29, 1.82) is 0 Å². The second-order valence-corrected chi connectivity index (χ2v) is 9.35. The molecular formula is C33H28O4. The molecule has 0 saturated carbocycles. The molecule has 4 heteroatoms. The number of aromatic hydroxyl groups is 4. The summed E-state index contributed by atoms with van der Waals surface area (Å²) in [6.45, 7) is 2.09. The second kappa shape index (κ2) is 10.1. The van der Waals surface area contributed by atoms with E-state index in [9.17, 15) is 20.4 Å². The maximum Gasteiger partial charge on any atom is 0.115 e. The van der Waals surface area contributed by atoms with Gasteiger partial charge in [-0.2, -0.15) is 0 Å². The first kappa shape index (κ1) is 24.0. The highest BCUT2D eigenvalue weighted by Gasteiger charge is 2.22. The summed E-state index contributed by atoms with van der Waals surface area (Å²) < 4.78 is 0. The molecule has 184 valence electrons. The van der Waals surface area contributed by atoms with E-state index in [1.165, 1.54) is 0 Å². The largest absolute Gasteiger partial charge is 0.508 e. The van der Waals surface area contributed by atoms with Gasteiger partial charge in [-0.1, -0.05) is 66.7 Å². The first-order chi connectivity index (χ1) is 17.9. The van der Waals surface area contributed by atoms with Crippen LogP contribution in [-0.2, 0) is 0 Å². The summed E-state index contributed by atoms with van der Waals surface area (Å²) in [5.74, 6) is 0.679. The van der Waals surface area contributed by atoms with E-state index in [0.29, 0.717) is 0 Å². The number of benzene rings is 5. The van der Waals surface area contributed by atoms with E-state index in [4.69, 9.17) is 0 Å². The van der Waals surface area contributed by atoms with Crippen molar-refractivity contribution in [2.24, 2.45) is 0 Å². The molecule has 0 bridgehead atoms. The van der Waals surface area contributed by atoms with Crippen LogP contribution in [0.2, 0.25) is 0 Å². The number of aryl methyl sites for hydroxylation is 1. The maximum atomic E-state index is 9.85. The molecule has 0 atom stereocenters. The van der Waals surface area contributed by atoms with Crippen molar-refractivity contribution in [1.82, 2.24) is 0 Å². The normalized spacial score (nSPS) is 11.2. The van der Waals surface area contributed by atoms with Crippen molar-refractivity contribution < 1.29 is 20.4 Å². The molecule has 0 saturated heterocycles. The average Bonchev–Trinajstić information content (AvgIpc) is 2.90. The lowest BCUT2D eigenvalue weighted by molar-refractivity contribution is 0.474. The van der Waals surface area contributed by atoms with Gasteiger partial charge in [-0.3, -0.25) is 0 Å². The first-order valence-corrected chi connectivity index (χ1v) is 12.1. The van der Waals surface area contributed by atoms with Gasteiger partial charge in [-0.25, -0.2) is 0 Å². The van der Waals surface area contributed by atoms with E-state index in [1.807, 2.05) is 48.5 Å². The van der Waals surface area contributed by atoms with Crippen molar-refractivity contribution in [3.05, 3.63) is 154 Å². The van der Waals surface area contributed by atoms with Crippen molar-refractivity contribution in [2.45, 2.75) is 18.8 Å². The van der Waals surface area contributed by atoms with Crippen LogP contribution in [0.3, 0.4) is 0 Å². The molecule has 5 aromatic rings. The molecule has 0 aliphatic heterocycles. The molecule has 0 heterocycles. The van der Waals surface area contributed by atoms with Crippen LogP contribution in [-0.4, -0.2) is 20.4 Å². The first-order valence-electron chi connectivity index (χ1n) is 12.1. The van der Waals surface area contributed by atoms with Crippen LogP contribution in [0.5, 0.6) is 23.0 Å². The molecule has 0 fully saturated rings. The molecule has 5 rings (SSSR count). The van der Waals surface area contributed by atoms with Crippen LogP contribution in [0.15, 0.2) is 115 Å². The van der Waals surface area contributed by atoms with E-state index in [-0.39, 0.29) is 34.8 Å². The van der Waals surface area contributed by atoms with E-state index >= 15 is 0 Å². The zero-order chi connectivity index (χ0) is 25.9. The Balaban J connectivity index is 1.62. The van der Waals surface area contributed by atoms with Gasteiger partial charge >= 0.3 is 0 Å². The fourth-order valence-electron chi connectivity index (χ4n) is 5.00. The monoisotopic (exact) mass is 488 g/mol. The Morgan fingerprint density at radius 2 is 0.676 bits per heavy atom. The van der Waals surface area contributed by atoms with Crippen molar-refractivity contribution in [2.75, 3.05) is 0 Å². The fourth-order valence-corrected chi connectivity index (χ4v) is 5.00. The third-order valence-corrected chi connectivity index (χ3v) is 6.84. The third-order valence-electron chi connectivity index (χ3n) is 6.84. The second-order valence-electron chi connectivity index (χ2n) is 9.35.